The van der Waals surface area contributed by atoms with Crippen LogP contribution < -0.4 is 5.41 Å². The van der Waals surface area contributed by atoms with E-state index in [4.69, 9.17) is 17.0 Å². The highest BCUT2D eigenvalue weighted by Crippen LogP contribution is 2.37. The Labute approximate surface area is 103 Å². The van der Waals surface area contributed by atoms with Crippen LogP contribution in [0.4, 0.5) is 0 Å². The smallest absolute Gasteiger partial charge is 0.191 e. The Morgan fingerprint density at radius 1 is 1.38 bits per heavy atom. The number of rotatable bonds is 1. The second kappa shape index (κ2) is 4.45. The van der Waals surface area contributed by atoms with E-state index in [1.54, 1.807) is 0 Å². The molecule has 1 aliphatic rings. The maximum atomic E-state index is 6.33. The lowest BCUT2D eigenvalue weighted by molar-refractivity contribution is -0.120. The van der Waals surface area contributed by atoms with Gasteiger partial charge in [0.2, 0.25) is 0 Å². The van der Waals surface area contributed by atoms with Crippen molar-refractivity contribution in [2.45, 2.75) is 34.6 Å². The molecular formula is C14H19ClN+. The van der Waals surface area contributed by atoms with Crippen LogP contribution in [0.25, 0.3) is 0 Å². The summed E-state index contributed by atoms with van der Waals surface area (Å²) < 4.78 is 0. The Hall–Kier alpha value is -1.04. The number of nitrogens with two attached hydrogens (primary N) is 1. The molecule has 0 bridgehead atoms. The van der Waals surface area contributed by atoms with E-state index < -0.39 is 5.41 Å². The van der Waals surface area contributed by atoms with Crippen molar-refractivity contribution in [2.75, 3.05) is 0 Å². The molecule has 2 N–H and O–H groups in total. The first-order valence-electron chi connectivity index (χ1n) is 5.38. The summed E-state index contributed by atoms with van der Waals surface area (Å²) in [5.74, 6) is 0. The topological polar surface area (TPSA) is 25.6 Å². The number of allylic oxidation sites excluding steroid dienone is 5. The van der Waals surface area contributed by atoms with Gasteiger partial charge in [-0.2, -0.15) is 0 Å². The zero-order valence-electron chi connectivity index (χ0n) is 10.6. The monoisotopic (exact) mass is 236 g/mol. The van der Waals surface area contributed by atoms with E-state index in [9.17, 15) is 0 Å². The van der Waals surface area contributed by atoms with Gasteiger partial charge in [-0.3, -0.25) is 5.41 Å². The van der Waals surface area contributed by atoms with Gasteiger partial charge in [-0.05, 0) is 40.2 Å². The molecule has 0 heterocycles. The fourth-order valence-corrected chi connectivity index (χ4v) is 2.28. The molecule has 0 spiro atoms. The highest BCUT2D eigenvalue weighted by atomic mass is 35.5. The van der Waals surface area contributed by atoms with Gasteiger partial charge in [0.1, 0.15) is 5.41 Å². The predicted octanol–water partition coefficient (Wildman–Crippen LogP) is 2.79. The molecule has 0 fully saturated rings. The Balaban J connectivity index is 3.38. The van der Waals surface area contributed by atoms with E-state index in [0.29, 0.717) is 5.03 Å². The standard InChI is InChI=1S/C14H18ClN/c1-9(2)6-12(15)14(5)8-10(3)7-11(4)13(14)16/h7-8,16H,1-5H3/p+1/t14-/m1/s1. The minimum absolute atomic E-state index is 0.415. The highest BCUT2D eigenvalue weighted by molar-refractivity contribution is 6.33. The maximum absolute atomic E-state index is 6.33. The van der Waals surface area contributed by atoms with Crippen LogP contribution in [0.15, 0.2) is 39.6 Å². The van der Waals surface area contributed by atoms with Crippen LogP contribution in [0.1, 0.15) is 34.6 Å². The molecule has 1 nitrogen and oxygen atoms in total. The van der Waals surface area contributed by atoms with Crippen LogP contribution in [0.5, 0.6) is 0 Å². The van der Waals surface area contributed by atoms with Gasteiger partial charge in [-0.15, -0.1) is 5.73 Å². The SMILES string of the molecule is CC(C)=C=C(Cl)[C@@]1(C)C=C(C)C=C(C)C1=[NH2+]. The summed E-state index contributed by atoms with van der Waals surface area (Å²) in [5.41, 5.74) is 6.85. The Kier molecular flexibility index (Phi) is 3.62. The summed E-state index contributed by atoms with van der Waals surface area (Å²) >= 11 is 6.33. The quantitative estimate of drug-likeness (QED) is 0.678. The molecule has 2 heteroatoms. The lowest BCUT2D eigenvalue weighted by atomic mass is 9.76. The van der Waals surface area contributed by atoms with Crippen molar-refractivity contribution < 1.29 is 5.41 Å². The molecule has 0 aromatic carbocycles. The first-order chi connectivity index (χ1) is 7.27. The Morgan fingerprint density at radius 2 is 1.94 bits per heavy atom. The van der Waals surface area contributed by atoms with Crippen molar-refractivity contribution in [3.05, 3.63) is 39.6 Å². The summed E-state index contributed by atoms with van der Waals surface area (Å²) in [6, 6.07) is 0. The van der Waals surface area contributed by atoms with Crippen molar-refractivity contribution in [2.24, 2.45) is 5.41 Å². The fraction of sp³-hybridized carbons (Fsp3) is 0.429. The van der Waals surface area contributed by atoms with E-state index in [0.717, 1.165) is 16.9 Å². The molecule has 86 valence electrons. The summed E-state index contributed by atoms with van der Waals surface area (Å²) in [6.45, 7) is 10.0. The molecule has 0 aromatic rings. The molecule has 0 aliphatic heterocycles. The van der Waals surface area contributed by atoms with Crippen LogP contribution in [-0.2, 0) is 0 Å². The van der Waals surface area contributed by atoms with Gasteiger partial charge in [0.05, 0.1) is 5.03 Å². The van der Waals surface area contributed by atoms with Gasteiger partial charge >= 0.3 is 0 Å². The summed E-state index contributed by atoms with van der Waals surface area (Å²) in [6.07, 6.45) is 4.16. The van der Waals surface area contributed by atoms with E-state index in [-0.39, 0.29) is 0 Å². The lowest BCUT2D eigenvalue weighted by Crippen LogP contribution is -2.50. The summed E-state index contributed by atoms with van der Waals surface area (Å²) in [7, 11) is 0. The zero-order chi connectivity index (χ0) is 12.5. The van der Waals surface area contributed by atoms with Gasteiger partial charge in [0.15, 0.2) is 5.71 Å². The molecule has 0 radical (unpaired) electrons. The van der Waals surface area contributed by atoms with Crippen molar-refractivity contribution in [1.82, 2.24) is 0 Å². The molecular weight excluding hydrogens is 218 g/mol. The molecule has 0 amide bonds. The average Bonchev–Trinajstić information content (AvgIpc) is 2.12. The third-order valence-electron chi connectivity index (χ3n) is 2.76. The van der Waals surface area contributed by atoms with Gasteiger partial charge in [0.25, 0.3) is 0 Å². The van der Waals surface area contributed by atoms with Crippen molar-refractivity contribution in [3.8, 4) is 0 Å². The van der Waals surface area contributed by atoms with E-state index in [2.05, 4.69) is 24.8 Å². The van der Waals surface area contributed by atoms with Crippen LogP contribution in [0.3, 0.4) is 0 Å². The van der Waals surface area contributed by atoms with Gasteiger partial charge in [-0.25, -0.2) is 0 Å². The largest absolute Gasteiger partial charge is 0.257 e. The molecule has 16 heavy (non-hydrogen) atoms. The Bertz CT molecular complexity index is 455. The van der Waals surface area contributed by atoms with Gasteiger partial charge < -0.3 is 0 Å². The maximum Gasteiger partial charge on any atom is 0.191 e. The molecule has 0 unspecified atom stereocenters. The molecule has 1 atom stereocenters. The Morgan fingerprint density at radius 3 is 2.44 bits per heavy atom. The van der Waals surface area contributed by atoms with Crippen LogP contribution in [-0.4, -0.2) is 5.71 Å². The molecule has 0 aromatic heterocycles. The van der Waals surface area contributed by atoms with E-state index >= 15 is 0 Å². The first kappa shape index (κ1) is 13.0. The third-order valence-corrected chi connectivity index (χ3v) is 3.25. The minimum Gasteiger partial charge on any atom is -0.257 e. The molecule has 1 aliphatic carbocycles. The minimum atomic E-state index is -0.415. The lowest BCUT2D eigenvalue weighted by Gasteiger charge is -2.26. The zero-order valence-corrected chi connectivity index (χ0v) is 11.4. The molecule has 0 saturated heterocycles. The van der Waals surface area contributed by atoms with Gasteiger partial charge in [-0.1, -0.05) is 29.3 Å². The highest BCUT2D eigenvalue weighted by Gasteiger charge is 2.38. The second-order valence-corrected chi connectivity index (χ2v) is 5.15. The van der Waals surface area contributed by atoms with Crippen molar-refractivity contribution in [1.29, 1.82) is 0 Å². The fourth-order valence-electron chi connectivity index (χ4n) is 1.93. The summed E-state index contributed by atoms with van der Waals surface area (Å²) in [4.78, 5) is 0. The van der Waals surface area contributed by atoms with Crippen LogP contribution >= 0.6 is 11.6 Å². The average molecular weight is 237 g/mol. The normalized spacial score (nSPS) is 24.5. The van der Waals surface area contributed by atoms with Gasteiger partial charge in [0, 0.05) is 5.57 Å². The van der Waals surface area contributed by atoms with Crippen molar-refractivity contribution in [3.63, 3.8) is 0 Å². The summed E-state index contributed by atoms with van der Waals surface area (Å²) in [5, 5.41) is 6.79. The number of hydrogen-bond donors (Lipinski definition) is 1. The van der Waals surface area contributed by atoms with Crippen LogP contribution in [0, 0.1) is 5.41 Å². The van der Waals surface area contributed by atoms with E-state index in [1.807, 2.05) is 27.7 Å². The van der Waals surface area contributed by atoms with Crippen molar-refractivity contribution >= 4 is 17.3 Å². The first-order valence-corrected chi connectivity index (χ1v) is 5.76. The second-order valence-electron chi connectivity index (χ2n) is 4.77. The third kappa shape index (κ3) is 2.37. The number of halogens is 1. The predicted molar refractivity (Wildman–Crippen MR) is 70.3 cm³/mol. The van der Waals surface area contributed by atoms with E-state index in [1.165, 1.54) is 5.57 Å². The number of hydrogen-bond acceptors (Lipinski definition) is 0. The van der Waals surface area contributed by atoms with Crippen LogP contribution in [0.2, 0.25) is 0 Å². The molecule has 0 saturated carbocycles. The molecule has 1 rings (SSSR count).